The number of nitrogens with one attached hydrogen (secondary N) is 3. The third-order valence-corrected chi connectivity index (χ3v) is 8.98. The van der Waals surface area contributed by atoms with Gasteiger partial charge in [0.2, 0.25) is 17.6 Å². The zero-order valence-electron chi connectivity index (χ0n) is 28.2. The first-order valence-electron chi connectivity index (χ1n) is 16.5. The van der Waals surface area contributed by atoms with Gasteiger partial charge in [-0.2, -0.15) is 4.98 Å². The van der Waals surface area contributed by atoms with Gasteiger partial charge in [0.15, 0.2) is 5.58 Å². The van der Waals surface area contributed by atoms with Gasteiger partial charge in [-0.05, 0) is 54.5 Å². The number of hydrogen-bond acceptors (Lipinski definition) is 9. The molecule has 258 valence electrons. The molecule has 1 aliphatic carbocycles. The van der Waals surface area contributed by atoms with E-state index in [0.717, 1.165) is 18.4 Å². The van der Waals surface area contributed by atoms with Crippen molar-refractivity contribution >= 4 is 52.2 Å². The number of amides is 3. The molecule has 0 bridgehead atoms. The summed E-state index contributed by atoms with van der Waals surface area (Å²) in [5.74, 6) is -1.32. The number of Topliss-reactive ketones (excluding diaryl/α,β-unsaturated/α-hetero) is 1. The predicted molar refractivity (Wildman–Crippen MR) is 183 cm³/mol. The Morgan fingerprint density at radius 3 is 2.46 bits per heavy atom. The minimum absolute atomic E-state index is 0.0224. The first-order chi connectivity index (χ1) is 22.9. The normalized spacial score (nSPS) is 18.2. The van der Waals surface area contributed by atoms with Crippen LogP contribution in [0.15, 0.2) is 46.9 Å². The van der Waals surface area contributed by atoms with Crippen LogP contribution in [0.1, 0.15) is 58.9 Å². The maximum atomic E-state index is 14.3. The number of carbonyl (C=O) groups excluding carboxylic acids is 4. The highest BCUT2D eigenvalue weighted by Gasteiger charge is 2.41. The monoisotopic (exact) mass is 680 g/mol. The number of aromatic nitrogens is 1. The maximum absolute atomic E-state index is 14.3. The minimum Gasteiger partial charge on any atom is -0.497 e. The molecule has 2 aliphatic rings. The lowest BCUT2D eigenvalue weighted by Gasteiger charge is -2.43. The third-order valence-electron chi connectivity index (χ3n) is 8.73. The molecule has 2 fully saturated rings. The number of rotatable bonds is 13. The van der Waals surface area contributed by atoms with Crippen molar-refractivity contribution in [2.75, 3.05) is 32.1 Å². The first-order valence-corrected chi connectivity index (χ1v) is 16.9. The van der Waals surface area contributed by atoms with Crippen molar-refractivity contribution < 1.29 is 28.3 Å². The van der Waals surface area contributed by atoms with E-state index in [0.29, 0.717) is 54.3 Å². The summed E-state index contributed by atoms with van der Waals surface area (Å²) in [6.45, 7) is 9.02. The highest BCUT2D eigenvalue weighted by atomic mass is 35.5. The fraction of sp³-hybridized carbons (Fsp3) is 0.514. The number of ether oxygens (including phenoxy) is 1. The standard InChI is InChI=1S/C35H45ClN6O6/c1-6-7-25(29(43)32(45)37-23-12-13-23)38-31(44)27-20-42(17-16-41(27)19-21-8-10-22(36)11-9-21)33(46)30(35(2,3)4)40-34-39-26-18-24(47-5)14-15-28(26)48-34/h8-11,14-15,18,23,25,27,30H,6-7,12-13,16-17,19-20H2,1-5H3,(H,37,45)(H,38,44)(H,39,40)/t25-,27+,30+/m0/s1. The van der Waals surface area contributed by atoms with E-state index in [1.54, 1.807) is 42.3 Å². The Hall–Kier alpha value is -4.16. The number of piperazine rings is 1. The van der Waals surface area contributed by atoms with Crippen LogP contribution >= 0.6 is 11.6 Å². The molecule has 1 saturated carbocycles. The molecule has 2 aromatic carbocycles. The Morgan fingerprint density at radius 2 is 1.81 bits per heavy atom. The van der Waals surface area contributed by atoms with Crippen molar-refractivity contribution in [3.63, 3.8) is 0 Å². The van der Waals surface area contributed by atoms with Crippen LogP contribution in [0.25, 0.3) is 11.1 Å². The Labute approximate surface area is 285 Å². The number of fused-ring (bicyclic) bond motifs is 1. The summed E-state index contributed by atoms with van der Waals surface area (Å²) >= 11 is 6.12. The molecule has 0 spiro atoms. The Kier molecular flexibility index (Phi) is 10.9. The number of methoxy groups -OCH3 is 1. The largest absolute Gasteiger partial charge is 0.497 e. The van der Waals surface area contributed by atoms with E-state index >= 15 is 0 Å². The highest BCUT2D eigenvalue weighted by Crippen LogP contribution is 2.29. The molecule has 0 radical (unpaired) electrons. The predicted octanol–water partition coefficient (Wildman–Crippen LogP) is 4.16. The number of ketones is 1. The fourth-order valence-electron chi connectivity index (χ4n) is 5.80. The van der Waals surface area contributed by atoms with E-state index in [2.05, 4.69) is 20.9 Å². The number of oxazole rings is 1. The molecule has 3 N–H and O–H groups in total. The summed E-state index contributed by atoms with van der Waals surface area (Å²) in [6.07, 6.45) is 2.61. The van der Waals surface area contributed by atoms with Crippen molar-refractivity contribution in [1.29, 1.82) is 0 Å². The highest BCUT2D eigenvalue weighted by molar-refractivity contribution is 6.38. The van der Waals surface area contributed by atoms with E-state index in [1.807, 2.05) is 44.7 Å². The third kappa shape index (κ3) is 8.65. The van der Waals surface area contributed by atoms with Gasteiger partial charge in [0.1, 0.15) is 23.3 Å². The van der Waals surface area contributed by atoms with Crippen LogP contribution < -0.4 is 20.7 Å². The molecule has 3 amide bonds. The smallest absolute Gasteiger partial charge is 0.296 e. The van der Waals surface area contributed by atoms with Gasteiger partial charge in [0, 0.05) is 43.3 Å². The summed E-state index contributed by atoms with van der Waals surface area (Å²) in [5.41, 5.74) is 1.53. The minimum atomic E-state index is -0.966. The molecule has 0 unspecified atom stereocenters. The van der Waals surface area contributed by atoms with Crippen LogP contribution in [-0.2, 0) is 25.7 Å². The van der Waals surface area contributed by atoms with Crippen molar-refractivity contribution in [3.8, 4) is 5.75 Å². The van der Waals surface area contributed by atoms with Gasteiger partial charge in [-0.25, -0.2) is 0 Å². The van der Waals surface area contributed by atoms with Crippen LogP contribution in [0.3, 0.4) is 0 Å². The molecule has 48 heavy (non-hydrogen) atoms. The molecule has 3 atom stereocenters. The Balaban J connectivity index is 1.36. The average Bonchev–Trinajstić information content (AvgIpc) is 3.78. The quantitative estimate of drug-likeness (QED) is 0.227. The summed E-state index contributed by atoms with van der Waals surface area (Å²) < 4.78 is 11.2. The van der Waals surface area contributed by atoms with Gasteiger partial charge in [-0.15, -0.1) is 0 Å². The van der Waals surface area contributed by atoms with Crippen LogP contribution in [0.2, 0.25) is 5.02 Å². The van der Waals surface area contributed by atoms with E-state index < -0.39 is 41.1 Å². The van der Waals surface area contributed by atoms with Gasteiger partial charge in [-0.3, -0.25) is 24.1 Å². The van der Waals surface area contributed by atoms with Gasteiger partial charge >= 0.3 is 0 Å². The van der Waals surface area contributed by atoms with Gasteiger partial charge < -0.3 is 30.0 Å². The Morgan fingerprint density at radius 1 is 1.08 bits per heavy atom. The molecule has 5 rings (SSSR count). The number of halogens is 1. The maximum Gasteiger partial charge on any atom is 0.296 e. The zero-order valence-corrected chi connectivity index (χ0v) is 28.9. The zero-order chi connectivity index (χ0) is 34.6. The number of hydrogen-bond donors (Lipinski definition) is 3. The number of carbonyl (C=O) groups is 4. The second-order valence-corrected chi connectivity index (χ2v) is 14.1. The lowest BCUT2D eigenvalue weighted by atomic mass is 9.85. The summed E-state index contributed by atoms with van der Waals surface area (Å²) in [4.78, 5) is 62.3. The molecular formula is C35H45ClN6O6. The molecule has 2 heterocycles. The van der Waals surface area contributed by atoms with Gasteiger partial charge in [-0.1, -0.05) is 57.8 Å². The Bertz CT molecular complexity index is 1630. The van der Waals surface area contributed by atoms with Crippen LogP contribution in [0, 0.1) is 5.41 Å². The number of benzene rings is 2. The van der Waals surface area contributed by atoms with E-state index in [4.69, 9.17) is 20.8 Å². The van der Waals surface area contributed by atoms with Gasteiger partial charge in [0.25, 0.3) is 11.9 Å². The topological polar surface area (TPSA) is 146 Å². The number of anilines is 1. The molecule has 1 aromatic heterocycles. The molecule has 1 saturated heterocycles. The SMILES string of the molecule is CCC[C@H](NC(=O)[C@H]1CN(C(=O)[C@@H](Nc2nc3cc(OC)ccc3o2)C(C)(C)C)CCN1Cc1ccc(Cl)cc1)C(=O)C(=O)NC1CC1. The summed E-state index contributed by atoms with van der Waals surface area (Å²) in [5, 5.41) is 9.42. The average molecular weight is 681 g/mol. The molecule has 12 nitrogen and oxygen atoms in total. The second kappa shape index (κ2) is 14.9. The summed E-state index contributed by atoms with van der Waals surface area (Å²) in [6, 6.07) is 10.4. The van der Waals surface area contributed by atoms with Gasteiger partial charge in [0.05, 0.1) is 13.2 Å². The van der Waals surface area contributed by atoms with E-state index in [1.165, 1.54) is 0 Å². The molecule has 13 heteroatoms. The summed E-state index contributed by atoms with van der Waals surface area (Å²) in [7, 11) is 1.57. The fourth-order valence-corrected chi connectivity index (χ4v) is 5.93. The van der Waals surface area contributed by atoms with Crippen LogP contribution in [-0.4, -0.2) is 89.2 Å². The lowest BCUT2D eigenvalue weighted by Crippen LogP contribution is -2.63. The van der Waals surface area contributed by atoms with Crippen molar-refractivity contribution in [1.82, 2.24) is 25.4 Å². The van der Waals surface area contributed by atoms with Crippen molar-refractivity contribution in [2.45, 2.75) is 84.1 Å². The van der Waals surface area contributed by atoms with E-state index in [-0.39, 0.29) is 24.5 Å². The van der Waals surface area contributed by atoms with Crippen molar-refractivity contribution in [3.05, 3.63) is 53.1 Å². The van der Waals surface area contributed by atoms with Crippen LogP contribution in [0.4, 0.5) is 6.01 Å². The molecular weight excluding hydrogens is 636 g/mol. The van der Waals surface area contributed by atoms with E-state index in [9.17, 15) is 19.2 Å². The first kappa shape index (κ1) is 35.2. The second-order valence-electron chi connectivity index (χ2n) is 13.7. The lowest BCUT2D eigenvalue weighted by molar-refractivity contribution is -0.143. The van der Waals surface area contributed by atoms with Crippen LogP contribution in [0.5, 0.6) is 5.75 Å². The van der Waals surface area contributed by atoms with Crippen molar-refractivity contribution in [2.24, 2.45) is 5.41 Å². The molecule has 1 aliphatic heterocycles. The molecule has 3 aromatic rings. The number of nitrogens with zero attached hydrogens (tertiary/aromatic N) is 3.